The van der Waals surface area contributed by atoms with Crippen molar-refractivity contribution in [2.24, 2.45) is 5.92 Å². The highest BCUT2D eigenvalue weighted by atomic mass is 32.2. The van der Waals surface area contributed by atoms with E-state index in [1.54, 1.807) is 17.8 Å². The largest absolute Gasteiger partial charge is 0.416 e. The van der Waals surface area contributed by atoms with Crippen molar-refractivity contribution in [1.29, 1.82) is 0 Å². The van der Waals surface area contributed by atoms with Gasteiger partial charge in [0.25, 0.3) is 0 Å². The van der Waals surface area contributed by atoms with Crippen LogP contribution in [0, 0.1) is 19.8 Å². The van der Waals surface area contributed by atoms with E-state index in [1.165, 1.54) is 23.5 Å². The second kappa shape index (κ2) is 11.6. The number of aromatic amines is 1. The number of tetrazole rings is 1. The van der Waals surface area contributed by atoms with Crippen molar-refractivity contribution < 1.29 is 22.7 Å². The van der Waals surface area contributed by atoms with Crippen molar-refractivity contribution >= 4 is 29.2 Å². The highest BCUT2D eigenvalue weighted by Gasteiger charge is 2.30. The number of carbonyl (C=O) groups excluding carboxylic acids is 1. The molecule has 0 fully saturated rings. The smallest absolute Gasteiger partial charge is 0.399 e. The van der Waals surface area contributed by atoms with E-state index in [-0.39, 0.29) is 17.7 Å². The molecule has 4 aromatic rings. The van der Waals surface area contributed by atoms with Gasteiger partial charge in [-0.3, -0.25) is 0 Å². The molecule has 0 aliphatic heterocycles. The zero-order valence-electron chi connectivity index (χ0n) is 21.1. The van der Waals surface area contributed by atoms with E-state index >= 15 is 0 Å². The molecular weight excluding hydrogens is 535 g/mol. The summed E-state index contributed by atoms with van der Waals surface area (Å²) in [6.07, 6.45) is -4.96. The number of carbonyl (C=O) groups is 1. The minimum atomic E-state index is -4.36. The molecule has 0 bridgehead atoms. The fourth-order valence-corrected chi connectivity index (χ4v) is 6.57. The predicted octanol–water partition coefficient (Wildman–Crippen LogP) is 7.34. The van der Waals surface area contributed by atoms with E-state index in [4.69, 9.17) is 4.74 Å². The number of amides is 1. The molecule has 38 heavy (non-hydrogen) atoms. The topological polar surface area (TPSA) is 92.8 Å². The van der Waals surface area contributed by atoms with Gasteiger partial charge >= 0.3 is 12.3 Å². The van der Waals surface area contributed by atoms with Crippen molar-refractivity contribution in [3.8, 4) is 16.2 Å². The molecule has 0 aliphatic rings. The number of rotatable bonds is 8. The number of nitrogens with zero attached hydrogens (tertiary/aromatic N) is 3. The zero-order valence-corrected chi connectivity index (χ0v) is 22.7. The molecular formula is C26H26F3N5O2S2. The van der Waals surface area contributed by atoms with Crippen molar-refractivity contribution in [2.75, 3.05) is 0 Å². The molecule has 200 valence electrons. The fraction of sp³-hybridized carbons (Fsp3) is 0.308. The lowest BCUT2D eigenvalue weighted by molar-refractivity contribution is -0.137. The second-order valence-electron chi connectivity index (χ2n) is 9.04. The number of halogens is 3. The van der Waals surface area contributed by atoms with Crippen LogP contribution in [0.2, 0.25) is 0 Å². The normalized spacial score (nSPS) is 12.5. The third-order valence-electron chi connectivity index (χ3n) is 5.74. The summed E-state index contributed by atoms with van der Waals surface area (Å²) in [6, 6.07) is 13.1. The van der Waals surface area contributed by atoms with Crippen LogP contribution < -0.4 is 10.1 Å². The second-order valence-corrected chi connectivity index (χ2v) is 11.3. The maximum absolute atomic E-state index is 13.0. The van der Waals surface area contributed by atoms with Gasteiger partial charge in [0.1, 0.15) is 0 Å². The molecule has 1 atom stereocenters. The monoisotopic (exact) mass is 561 g/mol. The van der Waals surface area contributed by atoms with Gasteiger partial charge in [-0.15, -0.1) is 28.2 Å². The SMILES string of the molecule is Cc1cc(SC(c2ccc(OC(=O)NCc3nnn[nH]3)s2)C(C)C)cc(C)c1-c1ccc(C(F)(F)F)cc1. The maximum Gasteiger partial charge on any atom is 0.416 e. The first-order chi connectivity index (χ1) is 18.0. The van der Waals surface area contributed by atoms with E-state index in [0.29, 0.717) is 10.9 Å². The number of H-pyrrole nitrogens is 1. The molecule has 2 heterocycles. The van der Waals surface area contributed by atoms with E-state index in [9.17, 15) is 18.0 Å². The number of benzene rings is 2. The molecule has 4 rings (SSSR count). The Kier molecular flexibility index (Phi) is 8.41. The summed E-state index contributed by atoms with van der Waals surface area (Å²) in [4.78, 5) is 14.3. The first kappa shape index (κ1) is 27.6. The molecule has 1 amide bonds. The average molecular weight is 562 g/mol. The summed E-state index contributed by atoms with van der Waals surface area (Å²) in [7, 11) is 0. The lowest BCUT2D eigenvalue weighted by atomic mass is 9.95. The van der Waals surface area contributed by atoms with Crippen molar-refractivity contribution in [3.63, 3.8) is 0 Å². The van der Waals surface area contributed by atoms with E-state index in [1.807, 2.05) is 19.9 Å². The Bertz CT molecular complexity index is 1360. The quantitative estimate of drug-likeness (QED) is 0.219. The van der Waals surface area contributed by atoms with E-state index in [0.717, 1.165) is 44.2 Å². The molecule has 0 aliphatic carbocycles. The Labute approximate surface area is 226 Å². The Morgan fingerprint density at radius 3 is 2.37 bits per heavy atom. The molecule has 2 aromatic carbocycles. The number of alkyl halides is 3. The molecule has 2 N–H and O–H groups in total. The molecule has 0 spiro atoms. The molecule has 12 heteroatoms. The van der Waals surface area contributed by atoms with Crippen LogP contribution in [0.5, 0.6) is 5.06 Å². The average Bonchev–Trinajstić information content (AvgIpc) is 3.53. The van der Waals surface area contributed by atoms with Crippen LogP contribution in [0.3, 0.4) is 0 Å². The van der Waals surface area contributed by atoms with Gasteiger partial charge in [-0.2, -0.15) is 13.2 Å². The highest BCUT2D eigenvalue weighted by molar-refractivity contribution is 7.99. The molecule has 0 radical (unpaired) electrons. The van der Waals surface area contributed by atoms with Gasteiger partial charge < -0.3 is 10.1 Å². The van der Waals surface area contributed by atoms with Crippen LogP contribution in [0.15, 0.2) is 53.4 Å². The Morgan fingerprint density at radius 2 is 1.79 bits per heavy atom. The van der Waals surface area contributed by atoms with Crippen molar-refractivity contribution in [1.82, 2.24) is 25.9 Å². The van der Waals surface area contributed by atoms with Crippen LogP contribution >= 0.6 is 23.1 Å². The Balaban J connectivity index is 1.47. The number of thiophene rings is 1. The summed E-state index contributed by atoms with van der Waals surface area (Å²) in [5, 5.41) is 16.3. The van der Waals surface area contributed by atoms with Gasteiger partial charge in [-0.05, 0) is 88.8 Å². The zero-order chi connectivity index (χ0) is 27.4. The highest BCUT2D eigenvalue weighted by Crippen LogP contribution is 2.46. The third kappa shape index (κ3) is 6.73. The summed E-state index contributed by atoms with van der Waals surface area (Å²) in [5.74, 6) is 0.703. The third-order valence-corrected chi connectivity index (χ3v) is 8.50. The number of thioether (sulfide) groups is 1. The van der Waals surface area contributed by atoms with Crippen LogP contribution in [0.25, 0.3) is 11.1 Å². The number of hydrogen-bond acceptors (Lipinski definition) is 7. The lowest BCUT2D eigenvalue weighted by Crippen LogP contribution is -2.26. The van der Waals surface area contributed by atoms with Crippen LogP contribution in [0.4, 0.5) is 18.0 Å². The lowest BCUT2D eigenvalue weighted by Gasteiger charge is -2.21. The predicted molar refractivity (Wildman–Crippen MR) is 141 cm³/mol. The van der Waals surface area contributed by atoms with Gasteiger partial charge in [-0.25, -0.2) is 9.89 Å². The summed E-state index contributed by atoms with van der Waals surface area (Å²) in [6.45, 7) is 8.33. The van der Waals surface area contributed by atoms with Gasteiger partial charge in [0.15, 0.2) is 10.9 Å². The number of ether oxygens (including phenoxy) is 1. The first-order valence-electron chi connectivity index (χ1n) is 11.7. The Hall–Kier alpha value is -3.38. The minimum absolute atomic E-state index is 0.108. The van der Waals surface area contributed by atoms with Crippen LogP contribution in [-0.2, 0) is 12.7 Å². The molecule has 2 aromatic heterocycles. The Morgan fingerprint density at radius 1 is 1.11 bits per heavy atom. The van der Waals surface area contributed by atoms with Gasteiger partial charge in [0.2, 0.25) is 0 Å². The summed E-state index contributed by atoms with van der Waals surface area (Å²) < 4.78 is 44.3. The molecule has 0 saturated heterocycles. The minimum Gasteiger partial charge on any atom is -0.399 e. The summed E-state index contributed by atoms with van der Waals surface area (Å²) >= 11 is 3.12. The number of hydrogen-bond donors (Lipinski definition) is 2. The van der Waals surface area contributed by atoms with Crippen LogP contribution in [0.1, 0.15) is 46.5 Å². The molecule has 1 unspecified atom stereocenters. The molecule has 7 nitrogen and oxygen atoms in total. The standard InChI is InChI=1S/C26H26F3N5O2S2/c1-14(2)24(20-9-10-22(38-20)36-25(35)30-13-21-31-33-34-32-21)37-19-11-15(3)23(16(4)12-19)17-5-7-18(8-6-17)26(27,28)29/h5-12,14,24H,13H2,1-4H3,(H,30,35)(H,31,32,33,34). The summed E-state index contributed by atoms with van der Waals surface area (Å²) in [5.41, 5.74) is 3.01. The first-order valence-corrected chi connectivity index (χ1v) is 13.4. The number of nitrogens with one attached hydrogen (secondary N) is 2. The van der Waals surface area contributed by atoms with Gasteiger partial charge in [-0.1, -0.05) is 26.0 Å². The number of aromatic nitrogens is 4. The van der Waals surface area contributed by atoms with Crippen molar-refractivity contribution in [2.45, 2.75) is 50.6 Å². The van der Waals surface area contributed by atoms with Crippen molar-refractivity contribution in [3.05, 3.63) is 75.9 Å². The van der Waals surface area contributed by atoms with E-state index < -0.39 is 17.8 Å². The van der Waals surface area contributed by atoms with E-state index in [2.05, 4.69) is 51.9 Å². The van der Waals surface area contributed by atoms with Gasteiger partial charge in [0.05, 0.1) is 12.1 Å². The van der Waals surface area contributed by atoms with Gasteiger partial charge in [0, 0.05) is 15.0 Å². The molecule has 0 saturated carbocycles. The van der Waals surface area contributed by atoms with Crippen LogP contribution in [-0.4, -0.2) is 26.7 Å². The maximum atomic E-state index is 13.0. The number of aryl methyl sites for hydroxylation is 2. The fourth-order valence-electron chi connectivity index (χ4n) is 4.02.